The molecule has 0 radical (unpaired) electrons. The van der Waals surface area contributed by atoms with Crippen LogP contribution in [0.2, 0.25) is 0 Å². The van der Waals surface area contributed by atoms with E-state index in [1.165, 1.54) is 6.07 Å². The number of hydrogen-bond acceptors (Lipinski definition) is 2. The molecule has 0 bridgehead atoms. The first-order chi connectivity index (χ1) is 11.7. The summed E-state index contributed by atoms with van der Waals surface area (Å²) in [7, 11) is 0. The minimum absolute atomic E-state index is 0.190. The van der Waals surface area contributed by atoms with E-state index < -0.39 is 0 Å². The minimum Gasteiger partial charge on any atom is -0.366 e. The summed E-state index contributed by atoms with van der Waals surface area (Å²) in [6, 6.07) is 6.84. The van der Waals surface area contributed by atoms with Crippen molar-refractivity contribution in [3.05, 3.63) is 30.1 Å². The van der Waals surface area contributed by atoms with Crippen molar-refractivity contribution in [3.63, 3.8) is 0 Å². The Morgan fingerprint density at radius 3 is 2.46 bits per heavy atom. The van der Waals surface area contributed by atoms with E-state index in [9.17, 15) is 9.18 Å². The molecule has 0 aliphatic carbocycles. The van der Waals surface area contributed by atoms with Gasteiger partial charge in [-0.2, -0.15) is 0 Å². The highest BCUT2D eigenvalue weighted by Gasteiger charge is 2.23. The lowest BCUT2D eigenvalue weighted by atomic mass is 10.2. The Morgan fingerprint density at radius 2 is 1.83 bits per heavy atom. The molecule has 1 heterocycles. The molecule has 24 heavy (non-hydrogen) atoms. The van der Waals surface area contributed by atoms with E-state index in [2.05, 4.69) is 19.2 Å². The monoisotopic (exact) mass is 338 g/mol. The first kappa shape index (κ1) is 18.7. The average molecular weight is 338 g/mol. The van der Waals surface area contributed by atoms with Crippen molar-refractivity contribution in [1.29, 1.82) is 0 Å². The molecule has 0 saturated carbocycles. The van der Waals surface area contributed by atoms with E-state index in [0.717, 1.165) is 26.2 Å². The fraction of sp³-hybridized carbons (Fsp3) is 0.611. The van der Waals surface area contributed by atoms with Gasteiger partial charge in [0, 0.05) is 26.2 Å². The zero-order valence-electron chi connectivity index (χ0n) is 14.9. The largest absolute Gasteiger partial charge is 0.366 e. The number of quaternary nitrogens is 2. The van der Waals surface area contributed by atoms with Crippen LogP contribution in [0, 0.1) is 5.82 Å². The van der Waals surface area contributed by atoms with Crippen LogP contribution in [0.4, 0.5) is 10.1 Å². The van der Waals surface area contributed by atoms with Gasteiger partial charge in [0.1, 0.15) is 18.9 Å². The highest BCUT2D eigenvalue weighted by Crippen LogP contribution is 2.19. The molecule has 3 N–H and O–H groups in total. The molecule has 1 saturated heterocycles. The van der Waals surface area contributed by atoms with Gasteiger partial charge in [0.2, 0.25) is 0 Å². The number of nitrogens with one attached hydrogen (secondary N) is 1. The van der Waals surface area contributed by atoms with Crippen molar-refractivity contribution in [2.75, 3.05) is 63.8 Å². The molecule has 0 aromatic heterocycles. The molecule has 1 aliphatic rings. The maximum Gasteiger partial charge on any atom is 0.277 e. The number of nitrogens with zero attached hydrogens (tertiary/aromatic N) is 2. The third-order valence-corrected chi connectivity index (χ3v) is 4.85. The van der Waals surface area contributed by atoms with Gasteiger partial charge < -0.3 is 20.0 Å². The van der Waals surface area contributed by atoms with Gasteiger partial charge in [0.25, 0.3) is 5.91 Å². The molecular weight excluding hydrogens is 307 g/mol. The van der Waals surface area contributed by atoms with Gasteiger partial charge in [0.15, 0.2) is 6.54 Å². The topological polar surface area (TPSA) is 44.6 Å². The molecule has 134 valence electrons. The van der Waals surface area contributed by atoms with Gasteiger partial charge >= 0.3 is 0 Å². The highest BCUT2D eigenvalue weighted by atomic mass is 19.1. The van der Waals surface area contributed by atoms with Crippen molar-refractivity contribution in [1.82, 2.24) is 4.90 Å². The smallest absolute Gasteiger partial charge is 0.277 e. The van der Waals surface area contributed by atoms with Crippen molar-refractivity contribution in [3.8, 4) is 0 Å². The second kappa shape index (κ2) is 9.59. The Labute approximate surface area is 144 Å². The van der Waals surface area contributed by atoms with Crippen LogP contribution >= 0.6 is 0 Å². The summed E-state index contributed by atoms with van der Waals surface area (Å²) >= 11 is 0. The lowest BCUT2D eigenvalue weighted by molar-refractivity contribution is -0.908. The Bertz CT molecular complexity index is 513. The van der Waals surface area contributed by atoms with E-state index in [0.29, 0.717) is 38.4 Å². The van der Waals surface area contributed by atoms with E-state index in [1.807, 2.05) is 15.9 Å². The number of nitrogens with two attached hydrogens (primary N) is 1. The second-order valence-corrected chi connectivity index (χ2v) is 6.31. The van der Waals surface area contributed by atoms with E-state index in [4.69, 9.17) is 0 Å². The molecule has 1 aromatic carbocycles. The van der Waals surface area contributed by atoms with Crippen LogP contribution in [0.5, 0.6) is 0 Å². The van der Waals surface area contributed by atoms with Gasteiger partial charge in [-0.25, -0.2) is 4.39 Å². The van der Waals surface area contributed by atoms with E-state index >= 15 is 0 Å². The van der Waals surface area contributed by atoms with Crippen molar-refractivity contribution >= 4 is 11.6 Å². The van der Waals surface area contributed by atoms with Crippen LogP contribution in [0.3, 0.4) is 0 Å². The maximum absolute atomic E-state index is 13.8. The van der Waals surface area contributed by atoms with Crippen LogP contribution in [0.15, 0.2) is 24.3 Å². The summed E-state index contributed by atoms with van der Waals surface area (Å²) in [4.78, 5) is 17.8. The molecule has 0 atom stereocenters. The number of carbonyl (C=O) groups is 1. The second-order valence-electron chi connectivity index (χ2n) is 6.31. The third-order valence-electron chi connectivity index (χ3n) is 4.85. The van der Waals surface area contributed by atoms with Crippen LogP contribution in [-0.2, 0) is 4.79 Å². The quantitative estimate of drug-likeness (QED) is 0.595. The highest BCUT2D eigenvalue weighted by molar-refractivity contribution is 5.77. The average Bonchev–Trinajstić information content (AvgIpc) is 2.62. The first-order valence-electron chi connectivity index (χ1n) is 9.08. The zero-order valence-corrected chi connectivity index (χ0v) is 14.9. The van der Waals surface area contributed by atoms with Gasteiger partial charge in [-0.1, -0.05) is 12.1 Å². The third kappa shape index (κ3) is 5.18. The molecule has 0 spiro atoms. The fourth-order valence-corrected chi connectivity index (χ4v) is 3.17. The van der Waals surface area contributed by atoms with Crippen LogP contribution in [0.25, 0.3) is 0 Å². The normalized spacial score (nSPS) is 15.2. The molecule has 1 aromatic rings. The number of hydrogen-bond donors (Lipinski definition) is 2. The fourth-order valence-electron chi connectivity index (χ4n) is 3.17. The Kier molecular flexibility index (Phi) is 7.46. The number of piperazine rings is 1. The molecule has 1 fully saturated rings. The number of carbonyl (C=O) groups excluding carboxylic acids is 1. The molecule has 2 rings (SSSR count). The number of rotatable bonds is 8. The molecule has 1 aliphatic heterocycles. The van der Waals surface area contributed by atoms with Crippen molar-refractivity contribution < 1.29 is 19.4 Å². The summed E-state index contributed by atoms with van der Waals surface area (Å²) in [5, 5.41) is 2.11. The SMILES string of the molecule is CC[NH+](CC)CC[NH2+]CC(=O)N1CCN(c2ccccc2F)CC1. The predicted molar refractivity (Wildman–Crippen MR) is 93.8 cm³/mol. The summed E-state index contributed by atoms with van der Waals surface area (Å²) in [5.74, 6) is 0.00208. The van der Waals surface area contributed by atoms with Crippen molar-refractivity contribution in [2.45, 2.75) is 13.8 Å². The van der Waals surface area contributed by atoms with Crippen LogP contribution < -0.4 is 15.1 Å². The number of likely N-dealkylation sites (N-methyl/N-ethyl adjacent to an activating group) is 1. The number of benzene rings is 1. The first-order valence-corrected chi connectivity index (χ1v) is 9.08. The summed E-state index contributed by atoms with van der Waals surface area (Å²) in [6.45, 7) is 12.0. The predicted octanol–water partition coefficient (Wildman–Crippen LogP) is -1.04. The molecule has 6 heteroatoms. The number of halogens is 1. The van der Waals surface area contributed by atoms with Crippen LogP contribution in [-0.4, -0.2) is 69.7 Å². The Balaban J connectivity index is 1.70. The molecule has 1 amide bonds. The number of para-hydroxylation sites is 1. The maximum atomic E-state index is 13.8. The Hall–Kier alpha value is -1.66. The lowest BCUT2D eigenvalue weighted by Crippen LogP contribution is -3.14. The number of amides is 1. The van der Waals surface area contributed by atoms with E-state index in [1.54, 1.807) is 17.0 Å². The molecule has 0 unspecified atom stereocenters. The lowest BCUT2D eigenvalue weighted by Gasteiger charge is -2.35. The minimum atomic E-state index is -0.190. The summed E-state index contributed by atoms with van der Waals surface area (Å²) in [5.41, 5.74) is 0.637. The number of anilines is 1. The molecule has 5 nitrogen and oxygen atoms in total. The van der Waals surface area contributed by atoms with Crippen molar-refractivity contribution in [2.24, 2.45) is 0 Å². The van der Waals surface area contributed by atoms with Gasteiger partial charge in [0.05, 0.1) is 18.8 Å². The summed E-state index contributed by atoms with van der Waals surface area (Å²) in [6.07, 6.45) is 0. The van der Waals surface area contributed by atoms with Gasteiger partial charge in [-0.15, -0.1) is 0 Å². The van der Waals surface area contributed by atoms with E-state index in [-0.39, 0.29) is 11.7 Å². The summed E-state index contributed by atoms with van der Waals surface area (Å²) < 4.78 is 13.8. The zero-order chi connectivity index (χ0) is 17.4. The van der Waals surface area contributed by atoms with Gasteiger partial charge in [-0.3, -0.25) is 4.79 Å². The Morgan fingerprint density at radius 1 is 1.17 bits per heavy atom. The standard InChI is InChI=1S/C18H29FN4O/c1-3-21(4-2)10-9-20-15-18(24)23-13-11-22(12-14-23)17-8-6-5-7-16(17)19/h5-8,20H,3-4,9-15H2,1-2H3/p+2. The van der Waals surface area contributed by atoms with Gasteiger partial charge in [-0.05, 0) is 26.0 Å². The van der Waals surface area contributed by atoms with Crippen LogP contribution in [0.1, 0.15) is 13.8 Å². The molecular formula is C18H31FN4O+2.